The van der Waals surface area contributed by atoms with Gasteiger partial charge in [-0.3, -0.25) is 4.72 Å². The largest absolute Gasteiger partial charge is 0.340 e. The number of hydrogen-bond acceptors (Lipinski definition) is 9. The number of likely N-dealkylation sites (N-methyl/N-ethyl adjacent to an activating group) is 1. The molecule has 4 aromatic rings. The van der Waals surface area contributed by atoms with Crippen LogP contribution in [0.3, 0.4) is 0 Å². The maximum absolute atomic E-state index is 16.1. The van der Waals surface area contributed by atoms with E-state index in [0.717, 1.165) is 35.9 Å². The third-order valence-corrected chi connectivity index (χ3v) is 10.1. The van der Waals surface area contributed by atoms with Gasteiger partial charge in [-0.15, -0.1) is 0 Å². The van der Waals surface area contributed by atoms with Gasteiger partial charge in [0.25, 0.3) is 10.0 Å². The molecule has 2 unspecified atom stereocenters. The van der Waals surface area contributed by atoms with Crippen molar-refractivity contribution in [2.75, 3.05) is 36.0 Å². The van der Waals surface area contributed by atoms with Crippen molar-refractivity contribution in [3.63, 3.8) is 0 Å². The van der Waals surface area contributed by atoms with Crippen LogP contribution < -0.4 is 9.62 Å². The second-order valence-electron chi connectivity index (χ2n) is 9.70. The van der Waals surface area contributed by atoms with Crippen molar-refractivity contribution in [2.45, 2.75) is 35.0 Å². The summed E-state index contributed by atoms with van der Waals surface area (Å²) in [5.74, 6) is -0.685. The summed E-state index contributed by atoms with van der Waals surface area (Å²) in [5, 5.41) is 1.44. The first-order valence-corrected chi connectivity index (χ1v) is 16.1. The van der Waals surface area contributed by atoms with Gasteiger partial charge >= 0.3 is 0 Å². The molecular formula is C27H27FN6O2S3. The number of nitrogens with zero attached hydrogens (tertiary/aromatic N) is 5. The highest BCUT2D eigenvalue weighted by Gasteiger charge is 2.41. The van der Waals surface area contributed by atoms with E-state index in [-0.39, 0.29) is 16.1 Å². The van der Waals surface area contributed by atoms with Crippen LogP contribution in [0.2, 0.25) is 0 Å². The van der Waals surface area contributed by atoms with Crippen LogP contribution in [0.4, 0.5) is 15.2 Å². The van der Waals surface area contributed by atoms with Crippen LogP contribution in [0.1, 0.15) is 12.8 Å². The summed E-state index contributed by atoms with van der Waals surface area (Å²) >= 11 is 2.93. The number of benzene rings is 2. The third kappa shape index (κ3) is 5.02. The van der Waals surface area contributed by atoms with E-state index in [1.807, 2.05) is 6.26 Å². The molecule has 0 spiro atoms. The topological polar surface area (TPSA) is 91.3 Å². The van der Waals surface area contributed by atoms with Gasteiger partial charge < -0.3 is 9.80 Å². The molecule has 202 valence electrons. The van der Waals surface area contributed by atoms with E-state index in [2.05, 4.69) is 31.5 Å². The highest BCUT2D eigenvalue weighted by molar-refractivity contribution is 7.98. The zero-order chi connectivity index (χ0) is 27.1. The molecular weight excluding hydrogens is 556 g/mol. The SMILES string of the molecule is CSc1nccc(-c2sc(N3C4CCC3CN(C)C4)nc2-c2cccc(NS(=O)(=O)c3ccccc3)c2F)n1. The Morgan fingerprint density at radius 2 is 1.77 bits per heavy atom. The number of sulfonamides is 1. The summed E-state index contributed by atoms with van der Waals surface area (Å²) in [5.41, 5.74) is 1.18. The number of fused-ring (bicyclic) bond motifs is 2. The van der Waals surface area contributed by atoms with Gasteiger partial charge in [0.2, 0.25) is 0 Å². The number of hydrogen-bond donors (Lipinski definition) is 1. The minimum Gasteiger partial charge on any atom is -0.340 e. The number of likely N-dealkylation sites (tertiary alicyclic amines) is 1. The van der Waals surface area contributed by atoms with Crippen LogP contribution in [0, 0.1) is 5.82 Å². The minimum absolute atomic E-state index is 0.0579. The van der Waals surface area contributed by atoms with Crippen LogP contribution in [-0.2, 0) is 10.0 Å². The monoisotopic (exact) mass is 582 g/mol. The first-order valence-electron chi connectivity index (χ1n) is 12.6. The summed E-state index contributed by atoms with van der Waals surface area (Å²) < 4.78 is 44.4. The number of halogens is 1. The molecule has 2 bridgehead atoms. The fraction of sp³-hybridized carbons (Fsp3) is 0.296. The summed E-state index contributed by atoms with van der Waals surface area (Å²) in [6, 6.07) is 15.1. The summed E-state index contributed by atoms with van der Waals surface area (Å²) in [6.45, 7) is 1.91. The van der Waals surface area contributed by atoms with Crippen molar-refractivity contribution in [3.05, 3.63) is 66.6 Å². The van der Waals surface area contributed by atoms with Gasteiger partial charge in [0.1, 0.15) is 0 Å². The molecule has 2 atom stereocenters. The lowest BCUT2D eigenvalue weighted by Crippen LogP contribution is -2.52. The van der Waals surface area contributed by atoms with E-state index >= 15 is 4.39 Å². The number of nitrogens with one attached hydrogen (secondary N) is 1. The molecule has 0 saturated carbocycles. The molecule has 1 N–H and O–H groups in total. The van der Waals surface area contributed by atoms with Gasteiger partial charge in [0.05, 0.1) is 26.8 Å². The molecule has 2 aromatic carbocycles. The minimum atomic E-state index is -3.97. The van der Waals surface area contributed by atoms with E-state index in [1.165, 1.54) is 41.3 Å². The number of rotatable bonds is 7. The molecule has 2 aliphatic heterocycles. The van der Waals surface area contributed by atoms with E-state index in [1.54, 1.807) is 42.6 Å². The third-order valence-electron chi connectivity index (χ3n) is 7.10. The zero-order valence-electron chi connectivity index (χ0n) is 21.4. The quantitative estimate of drug-likeness (QED) is 0.235. The summed E-state index contributed by atoms with van der Waals surface area (Å²) in [6.07, 6.45) is 5.78. The first-order chi connectivity index (χ1) is 18.8. The molecule has 2 saturated heterocycles. The molecule has 12 heteroatoms. The van der Waals surface area contributed by atoms with Crippen molar-refractivity contribution in [2.24, 2.45) is 0 Å². The second kappa shape index (κ2) is 10.5. The highest BCUT2D eigenvalue weighted by Crippen LogP contribution is 2.45. The predicted octanol–water partition coefficient (Wildman–Crippen LogP) is 5.21. The zero-order valence-corrected chi connectivity index (χ0v) is 23.9. The van der Waals surface area contributed by atoms with E-state index in [4.69, 9.17) is 4.98 Å². The van der Waals surface area contributed by atoms with Crippen LogP contribution >= 0.6 is 23.1 Å². The fourth-order valence-electron chi connectivity index (χ4n) is 5.36. The van der Waals surface area contributed by atoms with Crippen LogP contribution in [-0.4, -0.2) is 66.7 Å². The van der Waals surface area contributed by atoms with Crippen LogP contribution in [0.25, 0.3) is 21.8 Å². The number of anilines is 2. The molecule has 2 aliphatic rings. The average molecular weight is 583 g/mol. The Labute approximate surface area is 235 Å². The molecule has 8 nitrogen and oxygen atoms in total. The summed E-state index contributed by atoms with van der Waals surface area (Å²) in [7, 11) is -1.83. The Bertz CT molecular complexity index is 1600. The van der Waals surface area contributed by atoms with Crippen molar-refractivity contribution >= 4 is 43.9 Å². The molecule has 4 heterocycles. The van der Waals surface area contributed by atoms with Crippen LogP contribution in [0.5, 0.6) is 0 Å². The van der Waals surface area contributed by atoms with Crippen molar-refractivity contribution in [3.8, 4) is 21.8 Å². The number of thiazole rings is 1. The van der Waals surface area contributed by atoms with E-state index in [9.17, 15) is 8.42 Å². The number of aromatic nitrogens is 3. The predicted molar refractivity (Wildman–Crippen MR) is 154 cm³/mol. The van der Waals surface area contributed by atoms with Crippen molar-refractivity contribution in [1.29, 1.82) is 0 Å². The maximum atomic E-state index is 16.1. The molecule has 39 heavy (non-hydrogen) atoms. The van der Waals surface area contributed by atoms with E-state index < -0.39 is 15.8 Å². The maximum Gasteiger partial charge on any atom is 0.261 e. The molecule has 0 radical (unpaired) electrons. The van der Waals surface area contributed by atoms with Gasteiger partial charge in [-0.25, -0.2) is 27.8 Å². The normalized spacial score (nSPS) is 19.4. The lowest BCUT2D eigenvalue weighted by Gasteiger charge is -2.39. The van der Waals surface area contributed by atoms with Crippen LogP contribution in [0.15, 0.2) is 70.8 Å². The summed E-state index contributed by atoms with van der Waals surface area (Å²) in [4.78, 5) is 19.5. The average Bonchev–Trinajstić information content (AvgIpc) is 3.49. The van der Waals surface area contributed by atoms with Gasteiger partial charge in [-0.05, 0) is 56.5 Å². The Balaban J connectivity index is 1.45. The molecule has 0 aliphatic carbocycles. The van der Waals surface area contributed by atoms with Gasteiger partial charge in [-0.1, -0.05) is 47.4 Å². The Kier molecular flexibility index (Phi) is 7.04. The number of piperazine rings is 1. The fourth-order valence-corrected chi connectivity index (χ4v) is 7.99. The Morgan fingerprint density at radius 1 is 1.03 bits per heavy atom. The number of thioether (sulfide) groups is 1. The van der Waals surface area contributed by atoms with E-state index in [0.29, 0.717) is 28.6 Å². The van der Waals surface area contributed by atoms with Gasteiger partial charge in [0, 0.05) is 36.9 Å². The van der Waals surface area contributed by atoms with Crippen molar-refractivity contribution < 1.29 is 12.8 Å². The molecule has 2 aromatic heterocycles. The Morgan fingerprint density at radius 3 is 2.49 bits per heavy atom. The molecule has 2 fully saturated rings. The van der Waals surface area contributed by atoms with Gasteiger partial charge in [0.15, 0.2) is 16.1 Å². The standard InChI is InChI=1S/C27H27FN6O2S3/c1-33-15-17-11-12-18(16-33)34(17)27-31-24(25(38-27)22-13-14-29-26(30-22)37-2)20-9-6-10-21(23(20)28)32-39(35,36)19-7-4-3-5-8-19/h3-10,13-14,17-18,32H,11-12,15-16H2,1-2H3. The lowest BCUT2D eigenvalue weighted by atomic mass is 10.1. The molecule has 0 amide bonds. The second-order valence-corrected chi connectivity index (χ2v) is 13.1. The Hall–Kier alpha value is -3.06. The van der Waals surface area contributed by atoms with Gasteiger partial charge in [-0.2, -0.15) is 0 Å². The lowest BCUT2D eigenvalue weighted by molar-refractivity contribution is 0.264. The first kappa shape index (κ1) is 26.2. The molecule has 6 rings (SSSR count). The highest BCUT2D eigenvalue weighted by atomic mass is 32.2. The van der Waals surface area contributed by atoms with Crippen molar-refractivity contribution in [1.82, 2.24) is 19.9 Å². The smallest absolute Gasteiger partial charge is 0.261 e.